The van der Waals surface area contributed by atoms with Gasteiger partial charge in [0.15, 0.2) is 5.96 Å². The molecule has 0 amide bonds. The number of aryl methyl sites for hydroxylation is 2. The molecule has 4 fully saturated rings. The van der Waals surface area contributed by atoms with Crippen molar-refractivity contribution in [3.63, 3.8) is 0 Å². The van der Waals surface area contributed by atoms with E-state index in [4.69, 9.17) is 15.5 Å². The van der Waals surface area contributed by atoms with Crippen molar-refractivity contribution in [2.45, 2.75) is 56.9 Å². The highest BCUT2D eigenvalue weighted by atomic mass is 16.5. The van der Waals surface area contributed by atoms with E-state index < -0.39 is 0 Å². The first kappa shape index (κ1) is 16.7. The Hall–Kier alpha value is -2.23. The summed E-state index contributed by atoms with van der Waals surface area (Å²) in [6.07, 6.45) is 10.1. The Morgan fingerprint density at radius 1 is 1.07 bits per heavy atom. The molecule has 0 atom stereocenters. The van der Waals surface area contributed by atoms with E-state index in [2.05, 4.69) is 29.6 Å². The van der Waals surface area contributed by atoms with Gasteiger partial charge in [0.05, 0.1) is 18.3 Å². The fraction of sp³-hybridized carbons (Fsp3) is 0.542. The van der Waals surface area contributed by atoms with Crippen LogP contribution in [0.3, 0.4) is 0 Å². The van der Waals surface area contributed by atoms with Gasteiger partial charge in [-0.2, -0.15) is 0 Å². The monoisotopic (exact) mass is 375 g/mol. The largest absolute Gasteiger partial charge is 0.495 e. The number of anilines is 1. The second-order valence-electron chi connectivity index (χ2n) is 9.72. The van der Waals surface area contributed by atoms with Crippen molar-refractivity contribution in [2.75, 3.05) is 12.4 Å². The van der Waals surface area contributed by atoms with E-state index in [1.807, 2.05) is 0 Å². The molecule has 0 aliphatic heterocycles. The van der Waals surface area contributed by atoms with E-state index in [9.17, 15) is 0 Å². The third-order valence-electron chi connectivity index (χ3n) is 7.79. The van der Waals surface area contributed by atoms with Crippen molar-refractivity contribution in [2.24, 2.45) is 28.5 Å². The number of hydrogen-bond donors (Lipinski definition) is 2. The zero-order valence-electron chi connectivity index (χ0n) is 16.6. The summed E-state index contributed by atoms with van der Waals surface area (Å²) in [5, 5.41) is 6.04. The summed E-state index contributed by atoms with van der Waals surface area (Å²) < 4.78 is 5.74. The van der Waals surface area contributed by atoms with Crippen molar-refractivity contribution in [3.05, 3.63) is 35.4 Å². The Morgan fingerprint density at radius 3 is 2.43 bits per heavy atom. The number of aliphatic imine (C=N–C) groups is 1. The van der Waals surface area contributed by atoms with Crippen molar-refractivity contribution in [1.29, 1.82) is 0 Å². The first-order valence-electron chi connectivity index (χ1n) is 10.9. The smallest absolute Gasteiger partial charge is 0.193 e. The van der Waals surface area contributed by atoms with Gasteiger partial charge in [-0.15, -0.1) is 0 Å². The van der Waals surface area contributed by atoms with Crippen molar-refractivity contribution >= 4 is 22.4 Å². The topological polar surface area (TPSA) is 59.6 Å². The summed E-state index contributed by atoms with van der Waals surface area (Å²) in [6.45, 7) is 0. The Morgan fingerprint density at radius 2 is 1.75 bits per heavy atom. The molecule has 0 unspecified atom stereocenters. The molecule has 0 saturated heterocycles. The SMILES string of the molecule is COc1cc2c3c(cccc3c1NC(N)=NC13CC4CC(CC(C4)C1)C3)CC2. The van der Waals surface area contributed by atoms with Crippen LogP contribution in [0.4, 0.5) is 5.69 Å². The predicted molar refractivity (Wildman–Crippen MR) is 114 cm³/mol. The molecule has 2 aromatic rings. The van der Waals surface area contributed by atoms with Gasteiger partial charge in [0.25, 0.3) is 0 Å². The Balaban J connectivity index is 1.38. The van der Waals surface area contributed by atoms with Crippen LogP contribution in [0.25, 0.3) is 10.8 Å². The third-order valence-corrected chi connectivity index (χ3v) is 7.79. The fourth-order valence-electron chi connectivity index (χ4n) is 7.20. The molecule has 3 N–H and O–H groups in total. The molecule has 5 aliphatic carbocycles. The average molecular weight is 376 g/mol. The van der Waals surface area contributed by atoms with Crippen molar-refractivity contribution in [1.82, 2.24) is 0 Å². The van der Waals surface area contributed by atoms with Gasteiger partial charge in [-0.1, -0.05) is 18.2 Å². The lowest BCUT2D eigenvalue weighted by atomic mass is 9.53. The highest BCUT2D eigenvalue weighted by molar-refractivity contribution is 6.08. The quantitative estimate of drug-likeness (QED) is 0.607. The van der Waals surface area contributed by atoms with Crippen molar-refractivity contribution < 1.29 is 4.74 Å². The lowest BCUT2D eigenvalue weighted by molar-refractivity contribution is 0.00163. The van der Waals surface area contributed by atoms with E-state index in [0.29, 0.717) is 5.96 Å². The summed E-state index contributed by atoms with van der Waals surface area (Å²) in [5.41, 5.74) is 10.4. The maximum absolute atomic E-state index is 6.52. The summed E-state index contributed by atoms with van der Waals surface area (Å²) in [7, 11) is 1.74. The van der Waals surface area contributed by atoms with Gasteiger partial charge in [-0.3, -0.25) is 0 Å². The van der Waals surface area contributed by atoms with Crippen LogP contribution in [0.5, 0.6) is 5.75 Å². The van der Waals surface area contributed by atoms with Crippen LogP contribution >= 0.6 is 0 Å². The van der Waals surface area contributed by atoms with Crippen LogP contribution < -0.4 is 15.8 Å². The minimum Gasteiger partial charge on any atom is -0.495 e. The molecule has 4 heteroatoms. The lowest BCUT2D eigenvalue weighted by Crippen LogP contribution is -2.50. The normalized spacial score (nSPS) is 32.9. The van der Waals surface area contributed by atoms with Gasteiger partial charge in [0, 0.05) is 5.39 Å². The number of guanidine groups is 1. The molecular formula is C24H29N3O. The molecule has 7 rings (SSSR count). The highest BCUT2D eigenvalue weighted by Crippen LogP contribution is 2.57. The number of hydrogen-bond acceptors (Lipinski definition) is 2. The minimum absolute atomic E-state index is 0.0773. The summed E-state index contributed by atoms with van der Waals surface area (Å²) in [5.74, 6) is 4.03. The van der Waals surface area contributed by atoms with Gasteiger partial charge in [0.1, 0.15) is 5.75 Å². The molecule has 5 aliphatic rings. The van der Waals surface area contributed by atoms with Crippen molar-refractivity contribution in [3.8, 4) is 5.75 Å². The number of methoxy groups -OCH3 is 1. The number of nitrogens with zero attached hydrogens (tertiary/aromatic N) is 1. The van der Waals surface area contributed by atoms with Gasteiger partial charge in [-0.25, -0.2) is 4.99 Å². The molecule has 0 heterocycles. The summed E-state index contributed by atoms with van der Waals surface area (Å²) in [4.78, 5) is 5.13. The maximum atomic E-state index is 6.52. The molecule has 4 bridgehead atoms. The van der Waals surface area contributed by atoms with E-state index in [1.165, 1.54) is 60.4 Å². The second-order valence-corrected chi connectivity index (χ2v) is 9.72. The first-order valence-corrected chi connectivity index (χ1v) is 10.9. The zero-order valence-corrected chi connectivity index (χ0v) is 16.6. The molecular weight excluding hydrogens is 346 g/mol. The molecule has 0 spiro atoms. The van der Waals surface area contributed by atoms with Gasteiger partial charge >= 0.3 is 0 Å². The van der Waals surface area contributed by atoms with E-state index >= 15 is 0 Å². The average Bonchev–Trinajstić information content (AvgIpc) is 3.06. The summed E-state index contributed by atoms with van der Waals surface area (Å²) in [6, 6.07) is 8.74. The molecule has 2 aromatic carbocycles. The molecule has 0 aromatic heterocycles. The van der Waals surface area contributed by atoms with Crippen LogP contribution in [-0.4, -0.2) is 18.6 Å². The standard InChI is InChI=1S/C24H29N3O/c1-28-20-10-18-6-5-17-3-2-4-19(21(17)18)22(20)26-23(25)27-24-11-14-7-15(12-24)9-16(8-14)13-24/h2-4,10,14-16H,5-9,11-13H2,1H3,(H3,25,26,27). The van der Waals surface area contributed by atoms with Crippen LogP contribution in [0.1, 0.15) is 49.7 Å². The number of nitrogens with two attached hydrogens (primary N) is 1. The second kappa shape index (κ2) is 5.88. The van der Waals surface area contributed by atoms with Crippen LogP contribution in [0.2, 0.25) is 0 Å². The van der Waals surface area contributed by atoms with E-state index in [1.54, 1.807) is 7.11 Å². The summed E-state index contributed by atoms with van der Waals surface area (Å²) >= 11 is 0. The first-order chi connectivity index (χ1) is 13.6. The Bertz CT molecular complexity index is 958. The molecule has 146 valence electrons. The number of rotatable bonds is 3. The number of benzene rings is 2. The maximum Gasteiger partial charge on any atom is 0.193 e. The Kier molecular flexibility index (Phi) is 3.51. The highest BCUT2D eigenvalue weighted by Gasteiger charge is 2.51. The number of ether oxygens (including phenoxy) is 1. The van der Waals surface area contributed by atoms with Gasteiger partial charge in [0.2, 0.25) is 0 Å². The zero-order chi connectivity index (χ0) is 18.9. The molecule has 4 nitrogen and oxygen atoms in total. The van der Waals surface area contributed by atoms with Crippen LogP contribution in [0, 0.1) is 17.8 Å². The van der Waals surface area contributed by atoms with Crippen LogP contribution in [0.15, 0.2) is 29.3 Å². The molecule has 0 radical (unpaired) electrons. The predicted octanol–water partition coefficient (Wildman–Crippen LogP) is 4.64. The van der Waals surface area contributed by atoms with E-state index in [-0.39, 0.29) is 5.54 Å². The minimum atomic E-state index is 0.0773. The van der Waals surface area contributed by atoms with Crippen LogP contribution in [-0.2, 0) is 12.8 Å². The molecule has 28 heavy (non-hydrogen) atoms. The molecule has 4 saturated carbocycles. The third kappa shape index (κ3) is 2.46. The fourth-order valence-corrected chi connectivity index (χ4v) is 7.20. The van der Waals surface area contributed by atoms with Gasteiger partial charge in [-0.05, 0) is 91.7 Å². The number of nitrogens with one attached hydrogen (secondary N) is 1. The van der Waals surface area contributed by atoms with Gasteiger partial charge < -0.3 is 15.8 Å². The lowest BCUT2D eigenvalue weighted by Gasteiger charge is -2.54. The Labute approximate surface area is 166 Å². The van der Waals surface area contributed by atoms with E-state index in [0.717, 1.165) is 42.0 Å².